The van der Waals surface area contributed by atoms with Gasteiger partial charge in [0, 0.05) is 12.6 Å². The van der Waals surface area contributed by atoms with Gasteiger partial charge in [-0.3, -0.25) is 4.79 Å². The Labute approximate surface area is 141 Å². The molecule has 2 N–H and O–H groups in total. The average Bonchev–Trinajstić information content (AvgIpc) is 2.86. The predicted octanol–water partition coefficient (Wildman–Crippen LogP) is -0.00820. The van der Waals surface area contributed by atoms with E-state index in [1.807, 2.05) is 0 Å². The van der Waals surface area contributed by atoms with E-state index in [0.29, 0.717) is 13.0 Å². The Kier molecular flexibility index (Phi) is 5.21. The molecule has 0 unspecified atom stereocenters. The summed E-state index contributed by atoms with van der Waals surface area (Å²) in [5.41, 5.74) is 0.0372. The quantitative estimate of drug-likeness (QED) is 0.771. The second-order valence-electron chi connectivity index (χ2n) is 5.56. The van der Waals surface area contributed by atoms with Gasteiger partial charge in [0.1, 0.15) is 5.75 Å². The van der Waals surface area contributed by atoms with Crippen molar-refractivity contribution in [1.82, 2.24) is 4.90 Å². The van der Waals surface area contributed by atoms with Gasteiger partial charge < -0.3 is 9.64 Å². The van der Waals surface area contributed by atoms with Gasteiger partial charge in [-0.05, 0) is 31.5 Å². The third kappa shape index (κ3) is 3.87. The first-order chi connectivity index (χ1) is 11.1. The summed E-state index contributed by atoms with van der Waals surface area (Å²) < 4.78 is 51.5. The second-order valence-corrected chi connectivity index (χ2v) is 9.35. The maximum absolute atomic E-state index is 12.8. The molecule has 10 heteroatoms. The number of hydrogen-bond acceptors (Lipinski definition) is 6. The van der Waals surface area contributed by atoms with E-state index in [4.69, 9.17) is 9.88 Å². The smallest absolute Gasteiger partial charge is 0.257 e. The van der Waals surface area contributed by atoms with Crippen LogP contribution in [0.5, 0.6) is 5.75 Å². The highest BCUT2D eigenvalue weighted by molar-refractivity contribution is 7.91. The molecule has 2 rings (SSSR count). The summed E-state index contributed by atoms with van der Waals surface area (Å²) in [6.45, 7) is 2.03. The van der Waals surface area contributed by atoms with Crippen LogP contribution in [0, 0.1) is 0 Å². The fourth-order valence-corrected chi connectivity index (χ4v) is 5.05. The summed E-state index contributed by atoms with van der Waals surface area (Å²) in [7, 11) is -5.77. The van der Waals surface area contributed by atoms with Crippen LogP contribution in [0.4, 0.5) is 0 Å². The van der Waals surface area contributed by atoms with Crippen LogP contribution in [0.3, 0.4) is 0 Å². The minimum Gasteiger partial charge on any atom is -0.496 e. The standard InChI is InChI=1S/C14H20N2O6S2/c1-3-16(10-6-7-23(18,19)9-10)14(17)12-8-11(24(15,20)21)4-5-13(12)22-2/h4-5,8,10H,3,6-7,9H2,1-2H3,(H2,15,20,21)/t10-/m1/s1. The Morgan fingerprint density at radius 2 is 2.08 bits per heavy atom. The first-order valence-corrected chi connectivity index (χ1v) is 10.7. The van der Waals surface area contributed by atoms with E-state index in [1.54, 1.807) is 6.92 Å². The normalized spacial score (nSPS) is 19.9. The number of rotatable bonds is 5. The number of nitrogens with two attached hydrogens (primary N) is 1. The van der Waals surface area contributed by atoms with Gasteiger partial charge in [-0.2, -0.15) is 0 Å². The molecule has 1 aliphatic rings. The number of ether oxygens (including phenoxy) is 1. The molecule has 1 amide bonds. The van der Waals surface area contributed by atoms with Gasteiger partial charge in [-0.15, -0.1) is 0 Å². The number of methoxy groups -OCH3 is 1. The molecule has 0 bridgehead atoms. The molecule has 0 aliphatic carbocycles. The molecule has 24 heavy (non-hydrogen) atoms. The van der Waals surface area contributed by atoms with Gasteiger partial charge in [-0.25, -0.2) is 22.0 Å². The molecule has 1 fully saturated rings. The van der Waals surface area contributed by atoms with E-state index < -0.39 is 31.8 Å². The minimum absolute atomic E-state index is 0.0372. The highest BCUT2D eigenvalue weighted by Crippen LogP contribution is 2.26. The number of primary sulfonamides is 1. The molecule has 1 aromatic rings. The van der Waals surface area contributed by atoms with Gasteiger partial charge >= 0.3 is 0 Å². The summed E-state index contributed by atoms with van der Waals surface area (Å²) in [6.07, 6.45) is 0.360. The van der Waals surface area contributed by atoms with Crippen LogP contribution in [-0.4, -0.2) is 58.8 Å². The maximum atomic E-state index is 12.8. The molecule has 0 spiro atoms. The Morgan fingerprint density at radius 1 is 1.42 bits per heavy atom. The van der Waals surface area contributed by atoms with Gasteiger partial charge in [0.2, 0.25) is 10.0 Å². The van der Waals surface area contributed by atoms with Gasteiger partial charge in [0.15, 0.2) is 9.84 Å². The molecule has 0 aromatic heterocycles. The summed E-state index contributed by atoms with van der Waals surface area (Å²) in [4.78, 5) is 14.1. The van der Waals surface area contributed by atoms with Gasteiger partial charge in [-0.1, -0.05) is 0 Å². The number of sulfonamides is 1. The summed E-state index contributed by atoms with van der Waals surface area (Å²) in [6, 6.07) is 3.33. The lowest BCUT2D eigenvalue weighted by Crippen LogP contribution is -2.41. The van der Waals surface area contributed by atoms with Crippen LogP contribution >= 0.6 is 0 Å². The third-order valence-corrected chi connectivity index (χ3v) is 6.64. The number of carbonyl (C=O) groups excluding carboxylic acids is 1. The van der Waals surface area contributed by atoms with Crippen LogP contribution in [0.2, 0.25) is 0 Å². The lowest BCUT2D eigenvalue weighted by Gasteiger charge is -2.27. The van der Waals surface area contributed by atoms with Crippen molar-refractivity contribution in [3.63, 3.8) is 0 Å². The number of amides is 1. The fraction of sp³-hybridized carbons (Fsp3) is 0.500. The SMILES string of the molecule is CCN(C(=O)c1cc(S(N)(=O)=O)ccc1OC)[C@@H]1CCS(=O)(=O)C1. The van der Waals surface area contributed by atoms with Crippen LogP contribution < -0.4 is 9.88 Å². The van der Waals surface area contributed by atoms with E-state index in [-0.39, 0.29) is 27.7 Å². The van der Waals surface area contributed by atoms with Crippen LogP contribution in [0.25, 0.3) is 0 Å². The van der Waals surface area contributed by atoms with Crippen LogP contribution in [0.1, 0.15) is 23.7 Å². The fourth-order valence-electron chi connectivity index (χ4n) is 2.77. The van der Waals surface area contributed by atoms with Crippen molar-refractivity contribution in [2.45, 2.75) is 24.3 Å². The van der Waals surface area contributed by atoms with Crippen molar-refractivity contribution in [2.24, 2.45) is 5.14 Å². The Balaban J connectivity index is 2.43. The van der Waals surface area contributed by atoms with Crippen LogP contribution in [0.15, 0.2) is 23.1 Å². The number of sulfone groups is 1. The van der Waals surface area contributed by atoms with E-state index in [0.717, 1.165) is 6.07 Å². The zero-order valence-corrected chi connectivity index (χ0v) is 15.1. The van der Waals surface area contributed by atoms with Crippen molar-refractivity contribution in [3.8, 4) is 5.75 Å². The van der Waals surface area contributed by atoms with Crippen molar-refractivity contribution < 1.29 is 26.4 Å². The zero-order chi connectivity index (χ0) is 18.1. The van der Waals surface area contributed by atoms with E-state index >= 15 is 0 Å². The molecule has 0 radical (unpaired) electrons. The minimum atomic E-state index is -3.98. The van der Waals surface area contributed by atoms with Crippen molar-refractivity contribution in [3.05, 3.63) is 23.8 Å². The van der Waals surface area contributed by atoms with Gasteiger partial charge in [0.05, 0.1) is 29.1 Å². The van der Waals surface area contributed by atoms with Gasteiger partial charge in [0.25, 0.3) is 5.91 Å². The first kappa shape index (κ1) is 18.7. The van der Waals surface area contributed by atoms with Crippen LogP contribution in [-0.2, 0) is 19.9 Å². The average molecular weight is 376 g/mol. The molecule has 1 heterocycles. The predicted molar refractivity (Wildman–Crippen MR) is 88.1 cm³/mol. The number of hydrogen-bond donors (Lipinski definition) is 1. The molecule has 8 nitrogen and oxygen atoms in total. The first-order valence-electron chi connectivity index (χ1n) is 7.31. The lowest BCUT2D eigenvalue weighted by atomic mass is 10.1. The molecular weight excluding hydrogens is 356 g/mol. The molecule has 1 aliphatic heterocycles. The van der Waals surface area contributed by atoms with E-state index in [2.05, 4.69) is 0 Å². The summed E-state index contributed by atoms with van der Waals surface area (Å²) in [5, 5.41) is 5.11. The number of benzene rings is 1. The van der Waals surface area contributed by atoms with Crippen molar-refractivity contribution >= 4 is 25.8 Å². The molecule has 1 atom stereocenters. The number of carbonyl (C=O) groups is 1. The van der Waals surface area contributed by atoms with E-state index in [9.17, 15) is 21.6 Å². The summed E-state index contributed by atoms with van der Waals surface area (Å²) >= 11 is 0. The second kappa shape index (κ2) is 6.69. The Hall–Kier alpha value is -1.65. The van der Waals surface area contributed by atoms with Crippen molar-refractivity contribution in [2.75, 3.05) is 25.2 Å². The molecular formula is C14H20N2O6S2. The van der Waals surface area contributed by atoms with E-state index in [1.165, 1.54) is 24.1 Å². The molecule has 0 saturated carbocycles. The number of nitrogens with zero attached hydrogens (tertiary/aromatic N) is 1. The third-order valence-electron chi connectivity index (χ3n) is 3.98. The molecule has 1 aromatic carbocycles. The maximum Gasteiger partial charge on any atom is 0.257 e. The molecule has 1 saturated heterocycles. The zero-order valence-electron chi connectivity index (χ0n) is 13.4. The highest BCUT2D eigenvalue weighted by Gasteiger charge is 2.35. The van der Waals surface area contributed by atoms with Crippen molar-refractivity contribution in [1.29, 1.82) is 0 Å². The largest absolute Gasteiger partial charge is 0.496 e. The summed E-state index contributed by atoms with van der Waals surface area (Å²) in [5.74, 6) is -0.340. The Bertz CT molecular complexity index is 848. The monoisotopic (exact) mass is 376 g/mol. The lowest BCUT2D eigenvalue weighted by molar-refractivity contribution is 0.0704. The highest BCUT2D eigenvalue weighted by atomic mass is 32.2. The Morgan fingerprint density at radius 3 is 2.54 bits per heavy atom. The molecule has 134 valence electrons. The topological polar surface area (TPSA) is 124 Å².